The number of halogens is 1. The van der Waals surface area contributed by atoms with E-state index in [4.69, 9.17) is 4.42 Å². The van der Waals surface area contributed by atoms with E-state index in [9.17, 15) is 0 Å². The lowest BCUT2D eigenvalue weighted by atomic mass is 10.3. The maximum absolute atomic E-state index is 4.98. The highest BCUT2D eigenvalue weighted by Gasteiger charge is 1.99. The number of aromatic nitrogens is 1. The van der Waals surface area contributed by atoms with Gasteiger partial charge in [0.15, 0.2) is 0 Å². The van der Waals surface area contributed by atoms with Crippen molar-refractivity contribution in [3.8, 4) is 0 Å². The summed E-state index contributed by atoms with van der Waals surface area (Å²) in [5, 5.41) is 3.22. The van der Waals surface area contributed by atoms with Gasteiger partial charge in [-0.2, -0.15) is 0 Å². The molecular formula is C11H11BrN2O. The van der Waals surface area contributed by atoms with E-state index in [1.54, 1.807) is 18.7 Å². The fourth-order valence-electron chi connectivity index (χ4n) is 1.22. The number of furan rings is 1. The molecule has 2 rings (SSSR count). The zero-order chi connectivity index (χ0) is 10.7. The Balaban J connectivity index is 2.02. The van der Waals surface area contributed by atoms with Crippen molar-refractivity contribution in [3.05, 3.63) is 46.5 Å². The third kappa shape index (κ3) is 2.59. The molecule has 0 atom stereocenters. The SMILES string of the molecule is Cc1cc(NCc2ccoc2)ncc1Br. The van der Waals surface area contributed by atoms with Crippen LogP contribution in [0, 0.1) is 6.92 Å². The largest absolute Gasteiger partial charge is 0.472 e. The lowest BCUT2D eigenvalue weighted by Gasteiger charge is -2.05. The van der Waals surface area contributed by atoms with Gasteiger partial charge in [0.05, 0.1) is 12.5 Å². The topological polar surface area (TPSA) is 38.1 Å². The Labute approximate surface area is 96.6 Å². The van der Waals surface area contributed by atoms with Crippen molar-refractivity contribution in [2.75, 3.05) is 5.32 Å². The first-order valence-electron chi connectivity index (χ1n) is 4.63. The summed E-state index contributed by atoms with van der Waals surface area (Å²) in [5.74, 6) is 0.872. The van der Waals surface area contributed by atoms with Crippen molar-refractivity contribution in [3.63, 3.8) is 0 Å². The van der Waals surface area contributed by atoms with E-state index in [0.717, 1.165) is 22.4 Å². The average Bonchev–Trinajstić information content (AvgIpc) is 2.73. The van der Waals surface area contributed by atoms with E-state index in [0.29, 0.717) is 0 Å². The number of hydrogen-bond donors (Lipinski definition) is 1. The zero-order valence-corrected chi connectivity index (χ0v) is 9.91. The minimum Gasteiger partial charge on any atom is -0.472 e. The van der Waals surface area contributed by atoms with E-state index >= 15 is 0 Å². The smallest absolute Gasteiger partial charge is 0.126 e. The van der Waals surface area contributed by atoms with Gasteiger partial charge < -0.3 is 9.73 Å². The van der Waals surface area contributed by atoms with Gasteiger partial charge in [0.2, 0.25) is 0 Å². The van der Waals surface area contributed by atoms with E-state index in [1.807, 2.05) is 19.1 Å². The van der Waals surface area contributed by atoms with Crippen LogP contribution in [-0.4, -0.2) is 4.98 Å². The first kappa shape index (κ1) is 10.2. The Morgan fingerprint density at radius 3 is 3.07 bits per heavy atom. The third-order valence-corrected chi connectivity index (χ3v) is 2.93. The van der Waals surface area contributed by atoms with E-state index < -0.39 is 0 Å². The molecule has 0 aromatic carbocycles. The average molecular weight is 267 g/mol. The van der Waals surface area contributed by atoms with Gasteiger partial charge in [0.25, 0.3) is 0 Å². The Hall–Kier alpha value is -1.29. The van der Waals surface area contributed by atoms with Crippen LogP contribution in [0.2, 0.25) is 0 Å². The van der Waals surface area contributed by atoms with Crippen LogP contribution in [0.3, 0.4) is 0 Å². The van der Waals surface area contributed by atoms with Crippen molar-refractivity contribution >= 4 is 21.7 Å². The number of anilines is 1. The molecule has 0 aliphatic rings. The second kappa shape index (κ2) is 4.49. The number of nitrogens with zero attached hydrogens (tertiary/aromatic N) is 1. The molecule has 1 N–H and O–H groups in total. The minimum atomic E-state index is 0.727. The molecule has 0 spiro atoms. The van der Waals surface area contributed by atoms with Crippen LogP contribution in [0.5, 0.6) is 0 Å². The molecule has 4 heteroatoms. The van der Waals surface area contributed by atoms with Crippen molar-refractivity contribution in [2.45, 2.75) is 13.5 Å². The molecule has 2 aromatic rings. The lowest BCUT2D eigenvalue weighted by molar-refractivity contribution is 0.564. The van der Waals surface area contributed by atoms with Gasteiger partial charge in [-0.3, -0.25) is 0 Å². The van der Waals surface area contributed by atoms with Gasteiger partial charge in [-0.25, -0.2) is 4.98 Å². The van der Waals surface area contributed by atoms with Gasteiger partial charge in [0.1, 0.15) is 5.82 Å². The highest BCUT2D eigenvalue weighted by molar-refractivity contribution is 9.10. The monoisotopic (exact) mass is 266 g/mol. The number of hydrogen-bond acceptors (Lipinski definition) is 3. The molecule has 0 radical (unpaired) electrons. The molecule has 3 nitrogen and oxygen atoms in total. The molecule has 0 unspecified atom stereocenters. The Bertz CT molecular complexity index is 440. The van der Waals surface area contributed by atoms with Gasteiger partial charge in [0, 0.05) is 22.8 Å². The van der Waals surface area contributed by atoms with Crippen LogP contribution < -0.4 is 5.32 Å². The lowest BCUT2D eigenvalue weighted by Crippen LogP contribution is -2.00. The van der Waals surface area contributed by atoms with Crippen molar-refractivity contribution in [1.82, 2.24) is 4.98 Å². The minimum absolute atomic E-state index is 0.727. The van der Waals surface area contributed by atoms with Gasteiger partial charge in [-0.1, -0.05) is 0 Å². The second-order valence-corrected chi connectivity index (χ2v) is 4.16. The molecule has 0 fully saturated rings. The predicted octanol–water partition coefficient (Wildman–Crippen LogP) is 3.36. The molecular weight excluding hydrogens is 256 g/mol. The first-order chi connectivity index (χ1) is 7.25. The van der Waals surface area contributed by atoms with E-state index in [1.165, 1.54) is 5.56 Å². The fraction of sp³-hybridized carbons (Fsp3) is 0.182. The summed E-state index contributed by atoms with van der Waals surface area (Å²) < 4.78 is 6.00. The summed E-state index contributed by atoms with van der Waals surface area (Å²) in [4.78, 5) is 4.25. The standard InChI is InChI=1S/C11H11BrN2O/c1-8-4-11(14-6-10(8)12)13-5-9-2-3-15-7-9/h2-4,6-7H,5H2,1H3,(H,13,14). The van der Waals surface area contributed by atoms with E-state index in [2.05, 4.69) is 26.2 Å². The predicted molar refractivity (Wildman–Crippen MR) is 62.7 cm³/mol. The Kier molecular flexibility index (Phi) is 3.06. The number of rotatable bonds is 3. The highest BCUT2D eigenvalue weighted by atomic mass is 79.9. The van der Waals surface area contributed by atoms with Crippen molar-refractivity contribution < 1.29 is 4.42 Å². The Morgan fingerprint density at radius 1 is 1.53 bits per heavy atom. The number of pyridine rings is 1. The zero-order valence-electron chi connectivity index (χ0n) is 8.33. The number of aryl methyl sites for hydroxylation is 1. The van der Waals surface area contributed by atoms with Gasteiger partial charge in [-0.15, -0.1) is 0 Å². The molecule has 0 aliphatic carbocycles. The molecule has 2 heterocycles. The molecule has 2 aromatic heterocycles. The first-order valence-corrected chi connectivity index (χ1v) is 5.42. The normalized spacial score (nSPS) is 10.3. The molecule has 78 valence electrons. The highest BCUT2D eigenvalue weighted by Crippen LogP contribution is 2.17. The second-order valence-electron chi connectivity index (χ2n) is 3.30. The Morgan fingerprint density at radius 2 is 2.40 bits per heavy atom. The summed E-state index contributed by atoms with van der Waals surface area (Å²) in [6.45, 7) is 2.76. The van der Waals surface area contributed by atoms with E-state index in [-0.39, 0.29) is 0 Å². The van der Waals surface area contributed by atoms with Crippen LogP contribution in [0.25, 0.3) is 0 Å². The molecule has 0 bridgehead atoms. The maximum atomic E-state index is 4.98. The third-order valence-electron chi connectivity index (χ3n) is 2.10. The molecule has 0 saturated heterocycles. The molecule has 0 saturated carbocycles. The van der Waals surface area contributed by atoms with Gasteiger partial charge in [-0.05, 0) is 40.5 Å². The van der Waals surface area contributed by atoms with Crippen LogP contribution >= 0.6 is 15.9 Å². The molecule has 0 aliphatic heterocycles. The maximum Gasteiger partial charge on any atom is 0.126 e. The fourth-order valence-corrected chi connectivity index (χ4v) is 1.44. The summed E-state index contributed by atoms with van der Waals surface area (Å²) in [7, 11) is 0. The number of nitrogens with one attached hydrogen (secondary N) is 1. The van der Waals surface area contributed by atoms with Crippen molar-refractivity contribution in [1.29, 1.82) is 0 Å². The molecule has 15 heavy (non-hydrogen) atoms. The van der Waals surface area contributed by atoms with Crippen LogP contribution in [-0.2, 0) is 6.54 Å². The summed E-state index contributed by atoms with van der Waals surface area (Å²) in [6, 6.07) is 3.93. The summed E-state index contributed by atoms with van der Waals surface area (Å²) >= 11 is 3.41. The summed E-state index contributed by atoms with van der Waals surface area (Å²) in [5.41, 5.74) is 2.28. The summed E-state index contributed by atoms with van der Waals surface area (Å²) in [6.07, 6.45) is 5.18. The van der Waals surface area contributed by atoms with Crippen LogP contribution in [0.4, 0.5) is 5.82 Å². The van der Waals surface area contributed by atoms with Crippen LogP contribution in [0.15, 0.2) is 39.7 Å². The van der Waals surface area contributed by atoms with Crippen molar-refractivity contribution in [2.24, 2.45) is 0 Å². The molecule has 0 amide bonds. The quantitative estimate of drug-likeness (QED) is 0.926. The van der Waals surface area contributed by atoms with Gasteiger partial charge >= 0.3 is 0 Å². The van der Waals surface area contributed by atoms with Crippen LogP contribution in [0.1, 0.15) is 11.1 Å².